The zero-order valence-corrected chi connectivity index (χ0v) is 20.1. The number of esters is 1. The van der Waals surface area contributed by atoms with Gasteiger partial charge < -0.3 is 10.1 Å². The minimum Gasteiger partial charge on any atom is -0.454 e. The van der Waals surface area contributed by atoms with Crippen molar-refractivity contribution in [1.29, 1.82) is 0 Å². The Morgan fingerprint density at radius 2 is 1.89 bits per heavy atom. The molecule has 3 aromatic rings. The lowest BCUT2D eigenvalue weighted by atomic mass is 10.1. The summed E-state index contributed by atoms with van der Waals surface area (Å²) in [4.78, 5) is 39.0. The molecular formula is C23H21F3N4O5S. The SMILES string of the molecule is Cc1ccc(-c2csc(NC(=O)COC(=O)C(C)Nc3ccc(C(F)(F)F)cc3[N+](=O)[O-])n2)cc1C. The maximum Gasteiger partial charge on any atom is 0.416 e. The summed E-state index contributed by atoms with van der Waals surface area (Å²) in [5, 5.41) is 18.2. The van der Waals surface area contributed by atoms with Gasteiger partial charge in [-0.05, 0) is 50.1 Å². The highest BCUT2D eigenvalue weighted by Gasteiger charge is 2.33. The largest absolute Gasteiger partial charge is 0.454 e. The van der Waals surface area contributed by atoms with Gasteiger partial charge in [0.1, 0.15) is 11.7 Å². The number of thiazole rings is 1. The summed E-state index contributed by atoms with van der Waals surface area (Å²) in [6, 6.07) is 6.55. The van der Waals surface area contributed by atoms with Crippen LogP contribution in [-0.4, -0.2) is 34.4 Å². The number of ether oxygens (including phenoxy) is 1. The van der Waals surface area contributed by atoms with E-state index in [0.717, 1.165) is 22.8 Å². The van der Waals surface area contributed by atoms with Gasteiger partial charge in [0.15, 0.2) is 11.7 Å². The number of halogens is 3. The maximum atomic E-state index is 12.8. The Kier molecular flexibility index (Phi) is 7.93. The number of hydrogen-bond donors (Lipinski definition) is 2. The van der Waals surface area contributed by atoms with Crippen LogP contribution in [0.2, 0.25) is 0 Å². The van der Waals surface area contributed by atoms with Crippen molar-refractivity contribution >= 4 is 39.7 Å². The summed E-state index contributed by atoms with van der Waals surface area (Å²) in [7, 11) is 0. The highest BCUT2D eigenvalue weighted by molar-refractivity contribution is 7.14. The zero-order valence-electron chi connectivity index (χ0n) is 19.3. The van der Waals surface area contributed by atoms with Gasteiger partial charge in [-0.15, -0.1) is 11.3 Å². The van der Waals surface area contributed by atoms with Gasteiger partial charge in [-0.1, -0.05) is 12.1 Å². The Bertz CT molecular complexity index is 1310. The molecule has 0 radical (unpaired) electrons. The maximum absolute atomic E-state index is 12.8. The highest BCUT2D eigenvalue weighted by atomic mass is 32.1. The summed E-state index contributed by atoms with van der Waals surface area (Å²) >= 11 is 1.19. The second-order valence-corrected chi connectivity index (χ2v) is 8.70. The first-order valence-corrected chi connectivity index (χ1v) is 11.3. The third-order valence-corrected chi connectivity index (χ3v) is 5.90. The number of hydrogen-bond acceptors (Lipinski definition) is 8. The van der Waals surface area contributed by atoms with Crippen LogP contribution in [0.5, 0.6) is 0 Å². The molecule has 1 amide bonds. The average Bonchev–Trinajstić information content (AvgIpc) is 3.26. The van der Waals surface area contributed by atoms with Gasteiger partial charge in [0.2, 0.25) is 0 Å². The molecule has 0 saturated carbocycles. The van der Waals surface area contributed by atoms with Crippen LogP contribution in [0.1, 0.15) is 23.6 Å². The molecule has 1 heterocycles. The zero-order chi connectivity index (χ0) is 26.6. The number of alkyl halides is 3. The third kappa shape index (κ3) is 6.56. The van der Waals surface area contributed by atoms with Crippen molar-refractivity contribution in [3.05, 3.63) is 68.6 Å². The van der Waals surface area contributed by atoms with Crippen molar-refractivity contribution in [3.63, 3.8) is 0 Å². The van der Waals surface area contributed by atoms with E-state index in [9.17, 15) is 32.9 Å². The molecule has 0 aliphatic carbocycles. The molecule has 9 nitrogen and oxygen atoms in total. The highest BCUT2D eigenvalue weighted by Crippen LogP contribution is 2.35. The van der Waals surface area contributed by atoms with E-state index < -0.39 is 46.9 Å². The molecule has 0 fully saturated rings. The van der Waals surface area contributed by atoms with Crippen LogP contribution >= 0.6 is 11.3 Å². The van der Waals surface area contributed by atoms with Gasteiger partial charge in [0.25, 0.3) is 11.6 Å². The molecule has 2 aromatic carbocycles. The standard InChI is InChI=1S/C23H21F3N4O5S/c1-12-4-5-15(8-13(12)2)18-11-36-22(28-18)29-20(31)10-35-21(32)14(3)27-17-7-6-16(23(24,25)26)9-19(17)30(33)34/h4-9,11,14,27H,10H2,1-3H3,(H,28,29,31). The summed E-state index contributed by atoms with van der Waals surface area (Å²) in [6.45, 7) is 4.61. The van der Waals surface area contributed by atoms with Gasteiger partial charge in [-0.3, -0.25) is 20.2 Å². The summed E-state index contributed by atoms with van der Waals surface area (Å²) in [6.07, 6.45) is -4.77. The number of rotatable bonds is 8. The summed E-state index contributed by atoms with van der Waals surface area (Å²) in [5.41, 5.74) is 1.44. The van der Waals surface area contributed by atoms with Crippen LogP contribution in [-0.2, 0) is 20.5 Å². The first kappa shape index (κ1) is 26.6. The van der Waals surface area contributed by atoms with E-state index in [2.05, 4.69) is 15.6 Å². The van der Waals surface area contributed by atoms with E-state index in [-0.39, 0.29) is 5.69 Å². The summed E-state index contributed by atoms with van der Waals surface area (Å²) in [5.74, 6) is -1.59. The molecular weight excluding hydrogens is 501 g/mol. The Hall–Kier alpha value is -4.00. The molecule has 0 spiro atoms. The fourth-order valence-electron chi connectivity index (χ4n) is 3.05. The third-order valence-electron chi connectivity index (χ3n) is 5.15. The van der Waals surface area contributed by atoms with Crippen molar-refractivity contribution in [2.24, 2.45) is 0 Å². The van der Waals surface area contributed by atoms with E-state index in [4.69, 9.17) is 4.74 Å². The number of amides is 1. The second-order valence-electron chi connectivity index (χ2n) is 7.85. The van der Waals surface area contributed by atoms with E-state index in [1.807, 2.05) is 32.0 Å². The van der Waals surface area contributed by atoms with Gasteiger partial charge in [0, 0.05) is 17.0 Å². The van der Waals surface area contributed by atoms with Gasteiger partial charge in [-0.25, -0.2) is 9.78 Å². The molecule has 13 heteroatoms. The Labute approximate surface area is 207 Å². The number of anilines is 2. The van der Waals surface area contributed by atoms with Crippen molar-refractivity contribution in [2.75, 3.05) is 17.2 Å². The number of benzene rings is 2. The molecule has 1 unspecified atom stereocenters. The number of aryl methyl sites for hydroxylation is 2. The van der Waals surface area contributed by atoms with E-state index >= 15 is 0 Å². The number of nitro groups is 1. The summed E-state index contributed by atoms with van der Waals surface area (Å²) < 4.78 is 43.5. The van der Waals surface area contributed by atoms with Crippen LogP contribution in [0, 0.1) is 24.0 Å². The lowest BCUT2D eigenvalue weighted by Gasteiger charge is -2.15. The number of nitrogens with zero attached hydrogens (tertiary/aromatic N) is 2. The minimum absolute atomic E-state index is 0.302. The number of nitrogens with one attached hydrogen (secondary N) is 2. The van der Waals surface area contributed by atoms with Crippen LogP contribution in [0.25, 0.3) is 11.3 Å². The van der Waals surface area contributed by atoms with Crippen LogP contribution in [0.3, 0.4) is 0 Å². The Morgan fingerprint density at radius 1 is 1.17 bits per heavy atom. The first-order chi connectivity index (χ1) is 16.8. The molecule has 2 N–H and O–H groups in total. The predicted molar refractivity (Wildman–Crippen MR) is 128 cm³/mol. The smallest absolute Gasteiger partial charge is 0.416 e. The fraction of sp³-hybridized carbons (Fsp3) is 0.261. The normalized spacial score (nSPS) is 12.1. The molecule has 0 bridgehead atoms. The molecule has 0 aliphatic heterocycles. The number of aromatic nitrogens is 1. The lowest BCUT2D eigenvalue weighted by molar-refractivity contribution is -0.384. The van der Waals surface area contributed by atoms with Crippen molar-refractivity contribution < 1.29 is 32.4 Å². The molecule has 190 valence electrons. The van der Waals surface area contributed by atoms with Crippen molar-refractivity contribution in [3.8, 4) is 11.3 Å². The van der Waals surface area contributed by atoms with E-state index in [0.29, 0.717) is 23.0 Å². The molecule has 1 atom stereocenters. The Balaban J connectivity index is 1.56. The Morgan fingerprint density at radius 3 is 2.53 bits per heavy atom. The number of carbonyl (C=O) groups excluding carboxylic acids is 2. The van der Waals surface area contributed by atoms with E-state index in [1.54, 1.807) is 5.38 Å². The van der Waals surface area contributed by atoms with Gasteiger partial charge >= 0.3 is 12.1 Å². The van der Waals surface area contributed by atoms with E-state index in [1.165, 1.54) is 18.3 Å². The topological polar surface area (TPSA) is 123 Å². The molecule has 1 aromatic heterocycles. The van der Waals surface area contributed by atoms with Crippen molar-refractivity contribution in [1.82, 2.24) is 4.98 Å². The van der Waals surface area contributed by atoms with Gasteiger partial charge in [0.05, 0.1) is 16.2 Å². The lowest BCUT2D eigenvalue weighted by Crippen LogP contribution is -2.31. The first-order valence-electron chi connectivity index (χ1n) is 10.5. The molecule has 0 aliphatic rings. The molecule has 36 heavy (non-hydrogen) atoms. The minimum atomic E-state index is -4.77. The second kappa shape index (κ2) is 10.7. The fourth-order valence-corrected chi connectivity index (χ4v) is 3.79. The number of nitro benzene ring substituents is 1. The average molecular weight is 523 g/mol. The van der Waals surface area contributed by atoms with Crippen LogP contribution in [0.15, 0.2) is 41.8 Å². The van der Waals surface area contributed by atoms with Crippen molar-refractivity contribution in [2.45, 2.75) is 33.0 Å². The van der Waals surface area contributed by atoms with Gasteiger partial charge in [-0.2, -0.15) is 13.2 Å². The molecule has 3 rings (SSSR count). The quantitative estimate of drug-likeness (QED) is 0.233. The predicted octanol–water partition coefficient (Wildman–Crippen LogP) is 5.34. The molecule has 0 saturated heterocycles. The number of carbonyl (C=O) groups is 2. The van der Waals surface area contributed by atoms with Crippen LogP contribution in [0.4, 0.5) is 29.7 Å². The van der Waals surface area contributed by atoms with Crippen LogP contribution < -0.4 is 10.6 Å². The monoisotopic (exact) mass is 522 g/mol.